The maximum Gasteiger partial charge on any atom is 0.335 e. The Balaban J connectivity index is 2.16. The zero-order valence-electron chi connectivity index (χ0n) is 11.9. The summed E-state index contributed by atoms with van der Waals surface area (Å²) in [6, 6.07) is 12.9. The fraction of sp³-hybridized carbons (Fsp3) is 0.118. The maximum absolute atomic E-state index is 11.1. The Labute approximate surface area is 125 Å². The first kappa shape index (κ1) is 12.8. The van der Waals surface area contributed by atoms with Crippen molar-refractivity contribution >= 4 is 39.1 Å². The van der Waals surface area contributed by atoms with Crippen molar-refractivity contribution in [2.24, 2.45) is 0 Å². The summed E-state index contributed by atoms with van der Waals surface area (Å²) in [5.74, 6) is -0.958. The molecule has 0 aliphatic heterocycles. The van der Waals surface area contributed by atoms with E-state index >= 15 is 0 Å². The van der Waals surface area contributed by atoms with Crippen LogP contribution in [0.25, 0.3) is 33.1 Å². The minimum absolute atomic E-state index is 0.223. The van der Waals surface area contributed by atoms with E-state index in [1.54, 1.807) is 18.2 Å². The molecule has 108 valence electrons. The quantitative estimate of drug-likeness (QED) is 0.614. The molecular formula is C17H13N3O2. The van der Waals surface area contributed by atoms with Crippen LogP contribution < -0.4 is 0 Å². The van der Waals surface area contributed by atoms with Gasteiger partial charge in [-0.2, -0.15) is 0 Å². The summed E-state index contributed by atoms with van der Waals surface area (Å²) in [4.78, 5) is 20.5. The smallest absolute Gasteiger partial charge is 0.335 e. The van der Waals surface area contributed by atoms with Gasteiger partial charge in [-0.1, -0.05) is 18.2 Å². The summed E-state index contributed by atoms with van der Waals surface area (Å²) in [5, 5.41) is 10.2. The molecule has 0 aliphatic rings. The molecule has 0 atom stereocenters. The van der Waals surface area contributed by atoms with Crippen LogP contribution >= 0.6 is 0 Å². The number of aryl methyl sites for hydroxylation is 1. The molecule has 2 aromatic heterocycles. The molecule has 0 fully saturated rings. The van der Waals surface area contributed by atoms with Gasteiger partial charge in [-0.05, 0) is 31.2 Å². The minimum atomic E-state index is -0.958. The minimum Gasteiger partial charge on any atom is -0.478 e. The molecule has 0 spiro atoms. The summed E-state index contributed by atoms with van der Waals surface area (Å²) >= 11 is 0. The van der Waals surface area contributed by atoms with Gasteiger partial charge in [-0.3, -0.25) is 0 Å². The maximum atomic E-state index is 11.1. The molecule has 22 heavy (non-hydrogen) atoms. The fourth-order valence-corrected chi connectivity index (χ4v) is 2.89. The zero-order chi connectivity index (χ0) is 15.3. The van der Waals surface area contributed by atoms with Gasteiger partial charge in [0.2, 0.25) is 0 Å². The molecule has 0 radical (unpaired) electrons. The van der Waals surface area contributed by atoms with Gasteiger partial charge in [-0.25, -0.2) is 14.8 Å². The van der Waals surface area contributed by atoms with Crippen LogP contribution in [-0.4, -0.2) is 25.6 Å². The first-order valence-corrected chi connectivity index (χ1v) is 7.11. The highest BCUT2D eigenvalue weighted by Gasteiger charge is 2.14. The van der Waals surface area contributed by atoms with Gasteiger partial charge in [0.05, 0.1) is 22.1 Å². The summed E-state index contributed by atoms with van der Waals surface area (Å²) in [5.41, 5.74) is 4.27. The number of carboxylic acid groups (broad SMARTS) is 1. The predicted molar refractivity (Wildman–Crippen MR) is 85.2 cm³/mol. The number of rotatable bonds is 2. The molecule has 5 heteroatoms. The second-order valence-corrected chi connectivity index (χ2v) is 5.17. The molecule has 1 N–H and O–H groups in total. The number of hydrogen-bond acceptors (Lipinski definition) is 3. The lowest BCUT2D eigenvalue weighted by atomic mass is 10.2. The Bertz CT molecular complexity index is 1050. The highest BCUT2D eigenvalue weighted by molar-refractivity contribution is 6.06. The predicted octanol–water partition coefficient (Wildman–Crippen LogP) is 3.46. The highest BCUT2D eigenvalue weighted by atomic mass is 16.4. The van der Waals surface area contributed by atoms with E-state index in [9.17, 15) is 4.79 Å². The number of carbonyl (C=O) groups is 1. The van der Waals surface area contributed by atoms with Gasteiger partial charge >= 0.3 is 5.97 Å². The first-order chi connectivity index (χ1) is 10.7. The molecule has 0 aliphatic carbocycles. The van der Waals surface area contributed by atoms with Gasteiger partial charge in [-0.15, -0.1) is 0 Å². The number of aromatic carboxylic acids is 1. The third-order valence-corrected chi connectivity index (χ3v) is 3.91. The molecular weight excluding hydrogens is 278 g/mol. The Morgan fingerprint density at radius 3 is 2.73 bits per heavy atom. The van der Waals surface area contributed by atoms with Gasteiger partial charge in [0, 0.05) is 11.9 Å². The van der Waals surface area contributed by atoms with Crippen molar-refractivity contribution in [1.82, 2.24) is 14.5 Å². The molecule has 0 amide bonds. The van der Waals surface area contributed by atoms with Gasteiger partial charge in [0.25, 0.3) is 0 Å². The SMILES string of the molecule is CCn1c2ccccc2c2nc3ccc(C(=O)O)cc3nc21. The Hall–Kier alpha value is -2.95. The van der Waals surface area contributed by atoms with Crippen molar-refractivity contribution in [1.29, 1.82) is 0 Å². The molecule has 4 aromatic rings. The average molecular weight is 291 g/mol. The van der Waals surface area contributed by atoms with Crippen LogP contribution in [0.5, 0.6) is 0 Å². The van der Waals surface area contributed by atoms with E-state index in [1.807, 2.05) is 18.2 Å². The summed E-state index contributed by atoms with van der Waals surface area (Å²) in [6.07, 6.45) is 0. The van der Waals surface area contributed by atoms with Crippen molar-refractivity contribution in [3.05, 3.63) is 48.0 Å². The molecule has 2 heterocycles. The molecule has 5 nitrogen and oxygen atoms in total. The van der Waals surface area contributed by atoms with Crippen LogP contribution in [-0.2, 0) is 6.54 Å². The van der Waals surface area contributed by atoms with E-state index in [2.05, 4.69) is 22.5 Å². The lowest BCUT2D eigenvalue weighted by molar-refractivity contribution is 0.0697. The molecule has 4 rings (SSSR count). The lowest BCUT2D eigenvalue weighted by Gasteiger charge is -2.03. The van der Waals surface area contributed by atoms with Crippen LogP contribution in [0.4, 0.5) is 0 Å². The van der Waals surface area contributed by atoms with Crippen molar-refractivity contribution in [2.45, 2.75) is 13.5 Å². The zero-order valence-corrected chi connectivity index (χ0v) is 11.9. The van der Waals surface area contributed by atoms with Gasteiger partial charge in [0.15, 0.2) is 5.65 Å². The normalized spacial score (nSPS) is 11.5. The van der Waals surface area contributed by atoms with E-state index < -0.39 is 5.97 Å². The third kappa shape index (κ3) is 1.69. The second-order valence-electron chi connectivity index (χ2n) is 5.17. The molecule has 0 saturated heterocycles. The number of hydrogen-bond donors (Lipinski definition) is 1. The van der Waals surface area contributed by atoms with E-state index in [-0.39, 0.29) is 5.56 Å². The summed E-state index contributed by atoms with van der Waals surface area (Å²) in [6.45, 7) is 2.84. The molecule has 0 unspecified atom stereocenters. The third-order valence-electron chi connectivity index (χ3n) is 3.91. The average Bonchev–Trinajstić information content (AvgIpc) is 2.85. The van der Waals surface area contributed by atoms with Crippen molar-refractivity contribution in [2.75, 3.05) is 0 Å². The van der Waals surface area contributed by atoms with Crippen LogP contribution in [0.2, 0.25) is 0 Å². The van der Waals surface area contributed by atoms with E-state index in [0.29, 0.717) is 11.0 Å². The fourth-order valence-electron chi connectivity index (χ4n) is 2.89. The van der Waals surface area contributed by atoms with Crippen LogP contribution in [0.3, 0.4) is 0 Å². The van der Waals surface area contributed by atoms with Crippen LogP contribution in [0, 0.1) is 0 Å². The van der Waals surface area contributed by atoms with Gasteiger partial charge in [0.1, 0.15) is 5.52 Å². The van der Waals surface area contributed by atoms with Crippen molar-refractivity contribution in [3.63, 3.8) is 0 Å². The van der Waals surface area contributed by atoms with Gasteiger partial charge < -0.3 is 9.67 Å². The van der Waals surface area contributed by atoms with Crippen molar-refractivity contribution < 1.29 is 9.90 Å². The first-order valence-electron chi connectivity index (χ1n) is 7.11. The molecule has 0 saturated carbocycles. The largest absolute Gasteiger partial charge is 0.478 e. The summed E-state index contributed by atoms with van der Waals surface area (Å²) in [7, 11) is 0. The number of fused-ring (bicyclic) bond motifs is 4. The standard InChI is InChI=1S/C17H13N3O2/c1-2-20-14-6-4-3-5-11(14)15-16(20)19-13-9-10(17(21)22)7-8-12(13)18-15/h3-9H,2H2,1H3,(H,21,22). The molecule has 0 bridgehead atoms. The summed E-state index contributed by atoms with van der Waals surface area (Å²) < 4.78 is 2.10. The van der Waals surface area contributed by atoms with Crippen molar-refractivity contribution in [3.8, 4) is 0 Å². The second kappa shape index (κ2) is 4.53. The van der Waals surface area contributed by atoms with E-state index in [4.69, 9.17) is 10.1 Å². The number of para-hydroxylation sites is 1. The number of aromatic nitrogens is 3. The monoisotopic (exact) mass is 291 g/mol. The van der Waals surface area contributed by atoms with Crippen LogP contribution in [0.15, 0.2) is 42.5 Å². The Morgan fingerprint density at radius 2 is 1.95 bits per heavy atom. The van der Waals surface area contributed by atoms with E-state index in [0.717, 1.165) is 28.6 Å². The topological polar surface area (TPSA) is 68.0 Å². The number of nitrogens with zero attached hydrogens (tertiary/aromatic N) is 3. The lowest BCUT2D eigenvalue weighted by Crippen LogP contribution is -1.99. The number of benzene rings is 2. The Morgan fingerprint density at radius 1 is 1.14 bits per heavy atom. The van der Waals surface area contributed by atoms with E-state index in [1.165, 1.54) is 0 Å². The number of carboxylic acids is 1. The molecule has 2 aromatic carbocycles. The Kier molecular flexibility index (Phi) is 2.63. The highest BCUT2D eigenvalue weighted by Crippen LogP contribution is 2.28. The van der Waals surface area contributed by atoms with Crippen LogP contribution in [0.1, 0.15) is 17.3 Å².